The maximum absolute atomic E-state index is 14.0. The van der Waals surface area contributed by atoms with E-state index in [9.17, 15) is 23.2 Å². The Morgan fingerprint density at radius 3 is 2.33 bits per heavy atom. The fraction of sp³-hybridized carbons (Fsp3) is 0.156. The second-order valence-electron chi connectivity index (χ2n) is 9.97. The number of hydrogen-bond donors (Lipinski definition) is 1. The average molecular weight is 616 g/mol. The third-order valence-corrected chi connectivity index (χ3v) is 6.78. The van der Waals surface area contributed by atoms with Gasteiger partial charge in [-0.3, -0.25) is 19.4 Å². The summed E-state index contributed by atoms with van der Waals surface area (Å²) in [4.78, 5) is 49.0. The van der Waals surface area contributed by atoms with Crippen molar-refractivity contribution in [2.24, 2.45) is 0 Å². The lowest BCUT2D eigenvalue weighted by molar-refractivity contribution is -0.129. The maximum Gasteiger partial charge on any atom is 0.262 e. The molecule has 0 aliphatic rings. The number of aromatic nitrogens is 3. The van der Waals surface area contributed by atoms with Crippen LogP contribution in [0.3, 0.4) is 0 Å². The Hall–Kier alpha value is -5.85. The molecule has 3 aromatic heterocycles. The smallest absolute Gasteiger partial charge is 0.262 e. The van der Waals surface area contributed by atoms with Crippen LogP contribution in [0.2, 0.25) is 0 Å². The molecule has 0 atom stereocenters. The van der Waals surface area contributed by atoms with Crippen LogP contribution in [0.25, 0.3) is 22.0 Å². The zero-order valence-corrected chi connectivity index (χ0v) is 24.6. The second-order valence-corrected chi connectivity index (χ2v) is 9.97. The molecule has 0 fully saturated rings. The van der Waals surface area contributed by atoms with Gasteiger partial charge >= 0.3 is 0 Å². The van der Waals surface area contributed by atoms with E-state index in [-0.39, 0.29) is 35.0 Å². The third kappa shape index (κ3) is 6.56. The Balaban J connectivity index is 1.41. The van der Waals surface area contributed by atoms with E-state index in [4.69, 9.17) is 14.2 Å². The molecule has 0 aliphatic heterocycles. The fourth-order valence-electron chi connectivity index (χ4n) is 4.41. The molecule has 230 valence electrons. The Morgan fingerprint density at radius 2 is 1.67 bits per heavy atom. The molecule has 0 bridgehead atoms. The Kier molecular flexibility index (Phi) is 8.70. The summed E-state index contributed by atoms with van der Waals surface area (Å²) >= 11 is 0. The summed E-state index contributed by atoms with van der Waals surface area (Å²) < 4.78 is 45.7. The normalized spacial score (nSPS) is 10.8. The highest BCUT2D eigenvalue weighted by atomic mass is 19.2. The number of anilines is 1. The number of pyridine rings is 3. The van der Waals surface area contributed by atoms with Crippen molar-refractivity contribution in [3.05, 3.63) is 101 Å². The van der Waals surface area contributed by atoms with Crippen LogP contribution in [0.4, 0.5) is 14.6 Å². The molecule has 0 aliphatic carbocycles. The van der Waals surface area contributed by atoms with Gasteiger partial charge < -0.3 is 29.0 Å². The number of nitrogens with zero attached hydrogens (tertiary/aromatic N) is 4. The van der Waals surface area contributed by atoms with E-state index in [1.165, 1.54) is 54.4 Å². The van der Waals surface area contributed by atoms with Crippen molar-refractivity contribution in [1.82, 2.24) is 19.4 Å². The number of methoxy groups -OCH3 is 2. The van der Waals surface area contributed by atoms with E-state index >= 15 is 0 Å². The summed E-state index contributed by atoms with van der Waals surface area (Å²) in [6, 6.07) is 11.1. The van der Waals surface area contributed by atoms with Crippen molar-refractivity contribution in [1.29, 1.82) is 0 Å². The number of nitrogens with one attached hydrogen (secondary N) is 1. The van der Waals surface area contributed by atoms with Gasteiger partial charge in [0.1, 0.15) is 29.4 Å². The second kappa shape index (κ2) is 12.8. The summed E-state index contributed by atoms with van der Waals surface area (Å²) in [6.07, 6.45) is 5.50. The standard InChI is InChI=1S/C32H27F2N5O6/c1-38(2)30(40)17-39-15-21(18-5-7-23(33)24(34)11-18)31(41)22(16-39)32(42)37-29-8-6-19(14-36-29)45-26-9-10-35-25-13-28(44-4)27(43-3)12-20(25)26/h5-16H,17H2,1-4H3,(H,36,37,42). The molecule has 13 heteroatoms. The first-order valence-corrected chi connectivity index (χ1v) is 13.4. The van der Waals surface area contributed by atoms with Crippen LogP contribution in [0.1, 0.15) is 10.4 Å². The van der Waals surface area contributed by atoms with E-state index in [0.29, 0.717) is 33.9 Å². The van der Waals surface area contributed by atoms with Gasteiger partial charge in [-0.1, -0.05) is 6.07 Å². The summed E-state index contributed by atoms with van der Waals surface area (Å²) in [6.45, 7) is -0.211. The Morgan fingerprint density at radius 1 is 0.911 bits per heavy atom. The van der Waals surface area contributed by atoms with Crippen LogP contribution in [0.5, 0.6) is 23.0 Å². The number of carbonyl (C=O) groups is 2. The molecule has 0 spiro atoms. The molecule has 0 saturated heterocycles. The van der Waals surface area contributed by atoms with Gasteiger partial charge in [0.2, 0.25) is 11.3 Å². The van der Waals surface area contributed by atoms with Crippen molar-refractivity contribution in [2.75, 3.05) is 33.6 Å². The Labute approximate surface area is 255 Å². The van der Waals surface area contributed by atoms with Crippen LogP contribution in [0, 0.1) is 11.6 Å². The molecule has 0 radical (unpaired) electrons. The lowest BCUT2D eigenvalue weighted by Crippen LogP contribution is -2.29. The number of rotatable bonds is 9. The monoisotopic (exact) mass is 615 g/mol. The van der Waals surface area contributed by atoms with Gasteiger partial charge in [-0.15, -0.1) is 0 Å². The molecule has 5 aromatic rings. The first kappa shape index (κ1) is 30.6. The van der Waals surface area contributed by atoms with E-state index < -0.39 is 23.0 Å². The number of carbonyl (C=O) groups excluding carboxylic acids is 2. The first-order chi connectivity index (χ1) is 21.6. The van der Waals surface area contributed by atoms with Crippen molar-refractivity contribution >= 4 is 28.5 Å². The zero-order chi connectivity index (χ0) is 32.2. The predicted molar refractivity (Wildman–Crippen MR) is 162 cm³/mol. The summed E-state index contributed by atoms with van der Waals surface area (Å²) in [7, 11) is 6.16. The van der Waals surface area contributed by atoms with Crippen LogP contribution in [0.15, 0.2) is 78.1 Å². The van der Waals surface area contributed by atoms with Crippen molar-refractivity contribution in [2.45, 2.75) is 6.54 Å². The molecular formula is C32H27F2N5O6. The molecule has 1 N–H and O–H groups in total. The van der Waals surface area contributed by atoms with Gasteiger partial charge in [0.25, 0.3) is 5.91 Å². The number of hydrogen-bond acceptors (Lipinski definition) is 8. The molecular weight excluding hydrogens is 588 g/mol. The van der Waals surface area contributed by atoms with E-state index in [2.05, 4.69) is 15.3 Å². The average Bonchev–Trinajstić information content (AvgIpc) is 3.03. The molecule has 0 saturated carbocycles. The number of halogens is 2. The van der Waals surface area contributed by atoms with Crippen LogP contribution >= 0.6 is 0 Å². The topological polar surface area (TPSA) is 125 Å². The van der Waals surface area contributed by atoms with E-state index in [1.54, 1.807) is 44.6 Å². The molecule has 11 nitrogen and oxygen atoms in total. The molecule has 2 amide bonds. The largest absolute Gasteiger partial charge is 0.493 e. The van der Waals surface area contributed by atoms with Gasteiger partial charge in [0.15, 0.2) is 23.1 Å². The van der Waals surface area contributed by atoms with Crippen LogP contribution in [-0.4, -0.2) is 59.6 Å². The van der Waals surface area contributed by atoms with Crippen LogP contribution in [-0.2, 0) is 11.3 Å². The minimum Gasteiger partial charge on any atom is -0.493 e. The third-order valence-electron chi connectivity index (χ3n) is 6.78. The lowest BCUT2D eigenvalue weighted by atomic mass is 10.0. The number of ether oxygens (including phenoxy) is 3. The number of fused-ring (bicyclic) bond motifs is 1. The van der Waals surface area contributed by atoms with Gasteiger partial charge in [-0.2, -0.15) is 0 Å². The first-order valence-electron chi connectivity index (χ1n) is 13.4. The van der Waals surface area contributed by atoms with Crippen molar-refractivity contribution < 1.29 is 32.6 Å². The van der Waals surface area contributed by atoms with Gasteiger partial charge in [0.05, 0.1) is 25.9 Å². The highest BCUT2D eigenvalue weighted by Crippen LogP contribution is 2.36. The predicted octanol–water partition coefficient (Wildman–Crippen LogP) is 4.89. The molecule has 0 unspecified atom stereocenters. The Bertz CT molecular complexity index is 1980. The minimum absolute atomic E-state index is 0.0407. The van der Waals surface area contributed by atoms with Crippen molar-refractivity contribution in [3.8, 4) is 34.1 Å². The number of amides is 2. The van der Waals surface area contributed by atoms with Gasteiger partial charge in [-0.05, 0) is 42.0 Å². The number of benzene rings is 2. The van der Waals surface area contributed by atoms with E-state index in [1.807, 2.05) is 0 Å². The lowest BCUT2D eigenvalue weighted by Gasteiger charge is -2.15. The molecule has 5 rings (SSSR count). The van der Waals surface area contributed by atoms with Crippen molar-refractivity contribution in [3.63, 3.8) is 0 Å². The SMILES string of the molecule is COc1cc2nccc(Oc3ccc(NC(=O)c4cn(CC(=O)N(C)C)cc(-c5ccc(F)c(F)c5)c4=O)nc3)c2cc1OC. The zero-order valence-electron chi connectivity index (χ0n) is 24.6. The maximum atomic E-state index is 14.0. The summed E-state index contributed by atoms with van der Waals surface area (Å²) in [5.41, 5.74) is -0.518. The molecule has 45 heavy (non-hydrogen) atoms. The van der Waals surface area contributed by atoms with Crippen LogP contribution < -0.4 is 25.0 Å². The highest BCUT2D eigenvalue weighted by Gasteiger charge is 2.19. The summed E-state index contributed by atoms with van der Waals surface area (Å²) in [5, 5.41) is 3.23. The van der Waals surface area contributed by atoms with E-state index in [0.717, 1.165) is 12.1 Å². The minimum atomic E-state index is -1.16. The molecule has 3 heterocycles. The summed E-state index contributed by atoms with van der Waals surface area (Å²) in [5.74, 6) is -1.46. The molecule has 2 aromatic carbocycles. The quantitative estimate of drug-likeness (QED) is 0.249. The highest BCUT2D eigenvalue weighted by molar-refractivity contribution is 6.04. The number of likely N-dealkylation sites (N-methyl/N-ethyl adjacent to an activating group) is 1. The van der Waals surface area contributed by atoms with Gasteiger partial charge in [-0.25, -0.2) is 13.8 Å². The fourth-order valence-corrected chi connectivity index (χ4v) is 4.41. The van der Waals surface area contributed by atoms with Gasteiger partial charge in [0, 0.05) is 49.7 Å².